The third kappa shape index (κ3) is 5.97. The highest BCUT2D eigenvalue weighted by Gasteiger charge is 2.28. The van der Waals surface area contributed by atoms with Gasteiger partial charge in [0, 0.05) is 19.4 Å². The minimum atomic E-state index is -0.565. The average molecular weight is 383 g/mol. The number of nitrogens with zero attached hydrogens (tertiary/aromatic N) is 1. The lowest BCUT2D eigenvalue weighted by Gasteiger charge is -2.23. The van der Waals surface area contributed by atoms with Crippen LogP contribution in [0, 0.1) is 17.8 Å². The number of esters is 1. The Kier molecular flexibility index (Phi) is 8.28. The second-order valence-corrected chi connectivity index (χ2v) is 7.12. The topological polar surface area (TPSA) is 66.8 Å². The number of aliphatic hydroxyl groups is 1. The summed E-state index contributed by atoms with van der Waals surface area (Å²) in [7, 11) is 1.36. The van der Waals surface area contributed by atoms with Gasteiger partial charge in [0.1, 0.15) is 0 Å². The molecule has 1 aromatic carbocycles. The van der Waals surface area contributed by atoms with Gasteiger partial charge in [0.25, 0.3) is 0 Å². The zero-order valence-electron chi connectivity index (χ0n) is 16.9. The number of methoxy groups -OCH3 is 1. The van der Waals surface area contributed by atoms with Crippen LogP contribution in [0.3, 0.4) is 0 Å². The molecule has 1 heterocycles. The van der Waals surface area contributed by atoms with Crippen LogP contribution in [0.5, 0.6) is 0 Å². The molecule has 1 N–H and O–H groups in total. The van der Waals surface area contributed by atoms with Crippen molar-refractivity contribution >= 4 is 11.9 Å². The molecule has 0 saturated carbocycles. The second kappa shape index (κ2) is 10.7. The lowest BCUT2D eigenvalue weighted by Crippen LogP contribution is -2.34. The fourth-order valence-corrected chi connectivity index (χ4v) is 3.24. The lowest BCUT2D eigenvalue weighted by molar-refractivity contribution is -0.128. The van der Waals surface area contributed by atoms with Gasteiger partial charge in [0.05, 0.1) is 24.8 Å². The zero-order chi connectivity index (χ0) is 20.5. The molecule has 150 valence electrons. The first-order chi connectivity index (χ1) is 13.5. The molecule has 5 heteroatoms. The van der Waals surface area contributed by atoms with E-state index in [0.717, 1.165) is 12.0 Å². The molecule has 0 aliphatic carbocycles. The van der Waals surface area contributed by atoms with Gasteiger partial charge in [-0.05, 0) is 43.4 Å². The highest BCUT2D eigenvalue weighted by atomic mass is 16.5. The van der Waals surface area contributed by atoms with Crippen LogP contribution in [0.1, 0.15) is 49.0 Å². The summed E-state index contributed by atoms with van der Waals surface area (Å²) in [6, 6.07) is 7.26. The van der Waals surface area contributed by atoms with Gasteiger partial charge in [0.15, 0.2) is 0 Å². The summed E-state index contributed by atoms with van der Waals surface area (Å²) in [4.78, 5) is 25.6. The van der Waals surface area contributed by atoms with Crippen molar-refractivity contribution in [2.45, 2.75) is 51.7 Å². The van der Waals surface area contributed by atoms with E-state index in [1.54, 1.807) is 25.1 Å². The molecular formula is C23H29NO4. The predicted octanol–water partition coefficient (Wildman–Crippen LogP) is 2.97. The maximum Gasteiger partial charge on any atom is 0.337 e. The van der Waals surface area contributed by atoms with Crippen molar-refractivity contribution in [2.75, 3.05) is 13.7 Å². The van der Waals surface area contributed by atoms with Gasteiger partial charge in [0.2, 0.25) is 5.91 Å². The Morgan fingerprint density at radius 3 is 2.75 bits per heavy atom. The van der Waals surface area contributed by atoms with E-state index in [4.69, 9.17) is 4.74 Å². The number of benzene rings is 1. The molecule has 5 nitrogen and oxygen atoms in total. The first kappa shape index (κ1) is 21.7. The molecule has 1 aromatic rings. The third-order valence-corrected chi connectivity index (χ3v) is 5.11. The van der Waals surface area contributed by atoms with Gasteiger partial charge >= 0.3 is 5.97 Å². The Morgan fingerprint density at radius 2 is 2.11 bits per heavy atom. The summed E-state index contributed by atoms with van der Waals surface area (Å²) >= 11 is 0. The smallest absolute Gasteiger partial charge is 0.337 e. The molecule has 2 rings (SSSR count). The normalized spacial score (nSPS) is 18.6. The van der Waals surface area contributed by atoms with Crippen LogP contribution in [0.4, 0.5) is 0 Å². The average Bonchev–Trinajstić information content (AvgIpc) is 3.07. The second-order valence-electron chi connectivity index (χ2n) is 7.12. The van der Waals surface area contributed by atoms with E-state index in [1.807, 2.05) is 30.0 Å². The number of carbonyl (C=O) groups excluding carboxylic acids is 2. The first-order valence-corrected chi connectivity index (χ1v) is 9.69. The minimum absolute atomic E-state index is 0.0148. The summed E-state index contributed by atoms with van der Waals surface area (Å²) < 4.78 is 4.70. The van der Waals surface area contributed by atoms with E-state index in [0.29, 0.717) is 31.4 Å². The SMILES string of the molecule is CC#CC[C@H](C)[C@@H](O)C=C[C@H]1CCC(=O)N1CCc1ccc(C(=O)OC)cc1. The Hall–Kier alpha value is -2.58. The monoisotopic (exact) mass is 383 g/mol. The number of hydrogen-bond acceptors (Lipinski definition) is 4. The third-order valence-electron chi connectivity index (χ3n) is 5.11. The first-order valence-electron chi connectivity index (χ1n) is 9.69. The molecule has 28 heavy (non-hydrogen) atoms. The van der Waals surface area contributed by atoms with E-state index < -0.39 is 6.10 Å². The lowest BCUT2D eigenvalue weighted by atomic mass is 10.00. The van der Waals surface area contributed by atoms with Gasteiger partial charge in [-0.15, -0.1) is 11.8 Å². The predicted molar refractivity (Wildman–Crippen MR) is 109 cm³/mol. The fourth-order valence-electron chi connectivity index (χ4n) is 3.24. The summed E-state index contributed by atoms with van der Waals surface area (Å²) in [5, 5.41) is 10.3. The molecular weight excluding hydrogens is 354 g/mol. The Balaban J connectivity index is 1.93. The molecule has 1 amide bonds. The molecule has 0 radical (unpaired) electrons. The van der Waals surface area contributed by atoms with Crippen molar-refractivity contribution in [2.24, 2.45) is 5.92 Å². The van der Waals surface area contributed by atoms with E-state index >= 15 is 0 Å². The van der Waals surface area contributed by atoms with Gasteiger partial charge < -0.3 is 14.7 Å². The van der Waals surface area contributed by atoms with Crippen molar-refractivity contribution in [3.63, 3.8) is 0 Å². The molecule has 1 fully saturated rings. The van der Waals surface area contributed by atoms with Crippen LogP contribution in [-0.4, -0.2) is 47.7 Å². The maximum absolute atomic E-state index is 12.3. The molecule has 0 bridgehead atoms. The van der Waals surface area contributed by atoms with E-state index in [-0.39, 0.29) is 23.8 Å². The number of aliphatic hydroxyl groups excluding tert-OH is 1. The van der Waals surface area contributed by atoms with Gasteiger partial charge in [-0.25, -0.2) is 4.79 Å². The number of carbonyl (C=O) groups is 2. The Labute approximate surface area is 167 Å². The van der Waals surface area contributed by atoms with Crippen molar-refractivity contribution < 1.29 is 19.4 Å². The fraction of sp³-hybridized carbons (Fsp3) is 0.478. The number of amides is 1. The van der Waals surface area contributed by atoms with Crippen molar-refractivity contribution in [3.05, 3.63) is 47.5 Å². The summed E-state index contributed by atoms with van der Waals surface area (Å²) in [5.74, 6) is 5.67. The Bertz CT molecular complexity index is 757. The van der Waals surface area contributed by atoms with Gasteiger partial charge in [-0.2, -0.15) is 0 Å². The maximum atomic E-state index is 12.3. The molecule has 0 spiro atoms. The van der Waals surface area contributed by atoms with Crippen molar-refractivity contribution in [1.29, 1.82) is 0 Å². The van der Waals surface area contributed by atoms with Crippen LogP contribution >= 0.6 is 0 Å². The largest absolute Gasteiger partial charge is 0.465 e. The van der Waals surface area contributed by atoms with Crippen LogP contribution in [0.25, 0.3) is 0 Å². The summed E-state index contributed by atoms with van der Waals surface area (Å²) in [5.41, 5.74) is 1.57. The summed E-state index contributed by atoms with van der Waals surface area (Å²) in [6.07, 6.45) is 5.84. The van der Waals surface area contributed by atoms with Crippen molar-refractivity contribution in [1.82, 2.24) is 4.90 Å². The van der Waals surface area contributed by atoms with E-state index in [2.05, 4.69) is 11.8 Å². The van der Waals surface area contributed by atoms with Crippen LogP contribution in [0.15, 0.2) is 36.4 Å². The molecule has 1 aliphatic rings. The molecule has 1 saturated heterocycles. The van der Waals surface area contributed by atoms with Gasteiger partial charge in [-0.3, -0.25) is 4.79 Å². The highest BCUT2D eigenvalue weighted by molar-refractivity contribution is 5.89. The van der Waals surface area contributed by atoms with Crippen LogP contribution in [0.2, 0.25) is 0 Å². The highest BCUT2D eigenvalue weighted by Crippen LogP contribution is 2.21. The van der Waals surface area contributed by atoms with E-state index in [1.165, 1.54) is 7.11 Å². The van der Waals surface area contributed by atoms with Crippen LogP contribution in [-0.2, 0) is 16.0 Å². The van der Waals surface area contributed by atoms with Crippen LogP contribution < -0.4 is 0 Å². The van der Waals surface area contributed by atoms with E-state index in [9.17, 15) is 14.7 Å². The molecule has 0 aromatic heterocycles. The number of hydrogen-bond donors (Lipinski definition) is 1. The Morgan fingerprint density at radius 1 is 1.39 bits per heavy atom. The number of likely N-dealkylation sites (tertiary alicyclic amines) is 1. The molecule has 3 atom stereocenters. The number of rotatable bonds is 8. The molecule has 1 aliphatic heterocycles. The minimum Gasteiger partial charge on any atom is -0.465 e. The summed E-state index contributed by atoms with van der Waals surface area (Å²) in [6.45, 7) is 4.37. The zero-order valence-corrected chi connectivity index (χ0v) is 16.9. The van der Waals surface area contributed by atoms with Gasteiger partial charge in [-0.1, -0.05) is 31.2 Å². The quantitative estimate of drug-likeness (QED) is 0.426. The van der Waals surface area contributed by atoms with Crippen molar-refractivity contribution in [3.8, 4) is 11.8 Å². The standard InChI is InChI=1S/C23H29NO4/c1-4-5-6-17(2)21(25)13-11-20-12-14-22(26)24(20)16-15-18-7-9-19(10-8-18)23(27)28-3/h7-11,13,17,20-21,25H,6,12,14-16H2,1-3H3/t17-,20-,21-/m0/s1. The number of ether oxygens (including phenoxy) is 1. The molecule has 0 unspecified atom stereocenters.